The number of nitrogens with zero attached hydrogens (tertiary/aromatic N) is 3. The molecule has 0 saturated carbocycles. The fourth-order valence-electron chi connectivity index (χ4n) is 5.77. The van der Waals surface area contributed by atoms with Crippen molar-refractivity contribution in [3.05, 3.63) is 113 Å². The summed E-state index contributed by atoms with van der Waals surface area (Å²) in [4.78, 5) is 29.3. The molecule has 0 unspecified atom stereocenters. The summed E-state index contributed by atoms with van der Waals surface area (Å²) in [6.07, 6.45) is 6.91. The van der Waals surface area contributed by atoms with Gasteiger partial charge in [0.05, 0.1) is 23.5 Å². The van der Waals surface area contributed by atoms with Crippen molar-refractivity contribution in [3.63, 3.8) is 0 Å². The van der Waals surface area contributed by atoms with Crippen LogP contribution in [0.25, 0.3) is 11.3 Å². The SMILES string of the molecule is CC[C@@H](NC(=O)c1ccc2c(c1)/C(=C(/Nc1ccc(CN3CCCC3)cc1)c1cnn(C)c1)C(=O)N2)c1ccccc1. The monoisotopic (exact) mass is 560 g/mol. The Morgan fingerprint density at radius 3 is 2.45 bits per heavy atom. The van der Waals surface area contributed by atoms with Crippen LogP contribution in [0.15, 0.2) is 85.2 Å². The predicted octanol–water partition coefficient (Wildman–Crippen LogP) is 5.83. The predicted molar refractivity (Wildman–Crippen MR) is 167 cm³/mol. The molecule has 0 radical (unpaired) electrons. The third-order valence-electron chi connectivity index (χ3n) is 8.01. The number of nitrogens with one attached hydrogen (secondary N) is 3. The zero-order chi connectivity index (χ0) is 29.1. The Hall–Kier alpha value is -4.69. The Bertz CT molecular complexity index is 1620. The van der Waals surface area contributed by atoms with Crippen LogP contribution in [0.5, 0.6) is 0 Å². The maximum Gasteiger partial charge on any atom is 0.258 e. The highest BCUT2D eigenvalue weighted by Crippen LogP contribution is 2.38. The molecule has 6 rings (SSSR count). The minimum atomic E-state index is -0.227. The zero-order valence-electron chi connectivity index (χ0n) is 24.1. The molecule has 2 amide bonds. The number of aromatic nitrogens is 2. The summed E-state index contributed by atoms with van der Waals surface area (Å²) in [5.41, 5.74) is 6.93. The van der Waals surface area contributed by atoms with Crippen LogP contribution in [0.4, 0.5) is 11.4 Å². The van der Waals surface area contributed by atoms with Crippen molar-refractivity contribution in [3.8, 4) is 0 Å². The van der Waals surface area contributed by atoms with Gasteiger partial charge < -0.3 is 16.0 Å². The molecule has 0 bridgehead atoms. The van der Waals surface area contributed by atoms with Gasteiger partial charge in [-0.15, -0.1) is 0 Å². The third kappa shape index (κ3) is 5.85. The Morgan fingerprint density at radius 2 is 1.76 bits per heavy atom. The molecule has 42 heavy (non-hydrogen) atoms. The van der Waals surface area contributed by atoms with Gasteiger partial charge in [0.25, 0.3) is 11.8 Å². The minimum Gasteiger partial charge on any atom is -0.354 e. The van der Waals surface area contributed by atoms with Gasteiger partial charge in [-0.05, 0) is 73.8 Å². The topological polar surface area (TPSA) is 91.3 Å². The second-order valence-electron chi connectivity index (χ2n) is 11.0. The van der Waals surface area contributed by atoms with E-state index in [1.54, 1.807) is 29.1 Å². The van der Waals surface area contributed by atoms with Crippen molar-refractivity contribution in [2.75, 3.05) is 23.7 Å². The molecule has 8 heteroatoms. The van der Waals surface area contributed by atoms with Crippen molar-refractivity contribution in [2.45, 2.75) is 38.8 Å². The average Bonchev–Trinajstić information content (AvgIpc) is 3.76. The van der Waals surface area contributed by atoms with Gasteiger partial charge in [-0.3, -0.25) is 19.2 Å². The van der Waals surface area contributed by atoms with Gasteiger partial charge in [0.2, 0.25) is 0 Å². The van der Waals surface area contributed by atoms with E-state index in [4.69, 9.17) is 0 Å². The Morgan fingerprint density at radius 1 is 1.00 bits per heavy atom. The normalized spacial score (nSPS) is 16.6. The molecule has 1 aromatic heterocycles. The highest BCUT2D eigenvalue weighted by molar-refractivity contribution is 6.37. The van der Waals surface area contributed by atoms with Crippen LogP contribution in [0, 0.1) is 0 Å². The van der Waals surface area contributed by atoms with E-state index in [0.29, 0.717) is 28.1 Å². The smallest absolute Gasteiger partial charge is 0.258 e. The van der Waals surface area contributed by atoms with Gasteiger partial charge in [0.1, 0.15) is 0 Å². The lowest BCUT2D eigenvalue weighted by atomic mass is 9.99. The third-order valence-corrected chi connectivity index (χ3v) is 8.01. The van der Waals surface area contributed by atoms with Crippen LogP contribution in [-0.2, 0) is 18.4 Å². The van der Waals surface area contributed by atoms with Gasteiger partial charge in [-0.2, -0.15) is 5.10 Å². The van der Waals surface area contributed by atoms with Gasteiger partial charge in [0.15, 0.2) is 0 Å². The highest BCUT2D eigenvalue weighted by atomic mass is 16.2. The van der Waals surface area contributed by atoms with E-state index < -0.39 is 0 Å². The van der Waals surface area contributed by atoms with Crippen molar-refractivity contribution in [1.82, 2.24) is 20.0 Å². The summed E-state index contributed by atoms with van der Waals surface area (Å²) >= 11 is 0. The number of benzene rings is 3. The maximum absolute atomic E-state index is 13.4. The van der Waals surface area contributed by atoms with E-state index in [1.165, 1.54) is 18.4 Å². The Labute approximate surface area is 246 Å². The molecule has 3 N–H and O–H groups in total. The summed E-state index contributed by atoms with van der Waals surface area (Å²) in [6, 6.07) is 23.6. The molecule has 2 aliphatic rings. The first-order chi connectivity index (χ1) is 20.5. The Balaban J connectivity index is 1.32. The van der Waals surface area contributed by atoms with Gasteiger partial charge in [0, 0.05) is 47.9 Å². The molecule has 1 saturated heterocycles. The summed E-state index contributed by atoms with van der Waals surface area (Å²) in [6.45, 7) is 5.30. The highest BCUT2D eigenvalue weighted by Gasteiger charge is 2.30. The fourth-order valence-corrected chi connectivity index (χ4v) is 5.77. The second-order valence-corrected chi connectivity index (χ2v) is 11.0. The molecule has 3 aromatic carbocycles. The number of hydrogen-bond acceptors (Lipinski definition) is 5. The molecule has 214 valence electrons. The van der Waals surface area contributed by atoms with Gasteiger partial charge in [-0.25, -0.2) is 0 Å². The average molecular weight is 561 g/mol. The van der Waals surface area contributed by atoms with Crippen molar-refractivity contribution < 1.29 is 9.59 Å². The number of hydrogen-bond donors (Lipinski definition) is 3. The number of anilines is 2. The second kappa shape index (κ2) is 12.0. The first-order valence-corrected chi connectivity index (χ1v) is 14.6. The lowest BCUT2D eigenvalue weighted by Crippen LogP contribution is -2.28. The van der Waals surface area contributed by atoms with Crippen LogP contribution in [0.3, 0.4) is 0 Å². The van der Waals surface area contributed by atoms with E-state index in [-0.39, 0.29) is 17.9 Å². The van der Waals surface area contributed by atoms with Crippen LogP contribution in [-0.4, -0.2) is 39.6 Å². The number of carbonyl (C=O) groups is 2. The molecule has 1 fully saturated rings. The number of amides is 2. The number of likely N-dealkylation sites (tertiary alicyclic amines) is 1. The van der Waals surface area contributed by atoms with Crippen LogP contribution in [0.2, 0.25) is 0 Å². The molecule has 0 spiro atoms. The zero-order valence-corrected chi connectivity index (χ0v) is 24.1. The molecular formula is C34H36N6O2. The standard InChI is InChI=1S/C34H36N6O2/c1-3-29(24-9-5-4-6-10-24)37-33(41)25-13-16-30-28(19-25)31(34(42)38-30)32(26-20-35-39(2)22-26)36-27-14-11-23(12-15-27)21-40-17-7-8-18-40/h4-6,9-16,19-20,22,29,36H,3,7-8,17-18,21H2,1-2H3,(H,37,41)(H,38,42)/b32-31-/t29-/m1/s1. The quantitative estimate of drug-likeness (QED) is 0.224. The van der Waals surface area contributed by atoms with E-state index in [0.717, 1.165) is 42.9 Å². The number of fused-ring (bicyclic) bond motifs is 1. The van der Waals surface area contributed by atoms with Crippen molar-refractivity contribution in [1.29, 1.82) is 0 Å². The van der Waals surface area contributed by atoms with Crippen LogP contribution >= 0.6 is 0 Å². The van der Waals surface area contributed by atoms with Crippen LogP contribution < -0.4 is 16.0 Å². The molecule has 0 aliphatic carbocycles. The van der Waals surface area contributed by atoms with Crippen molar-refractivity contribution >= 4 is 34.5 Å². The van der Waals surface area contributed by atoms with Gasteiger partial charge >= 0.3 is 0 Å². The molecule has 1 atom stereocenters. The summed E-state index contributed by atoms with van der Waals surface area (Å²) in [5, 5.41) is 14.0. The van der Waals surface area contributed by atoms with E-state index in [9.17, 15) is 9.59 Å². The molecular weight excluding hydrogens is 524 g/mol. The molecule has 3 heterocycles. The molecule has 2 aliphatic heterocycles. The van der Waals surface area contributed by atoms with E-state index in [1.807, 2.05) is 43.6 Å². The largest absolute Gasteiger partial charge is 0.354 e. The number of aryl methyl sites for hydroxylation is 1. The lowest BCUT2D eigenvalue weighted by molar-refractivity contribution is -0.110. The number of carbonyl (C=O) groups excluding carboxylic acids is 2. The summed E-state index contributed by atoms with van der Waals surface area (Å²) in [5.74, 6) is -0.410. The maximum atomic E-state index is 13.4. The number of rotatable bonds is 9. The Kier molecular flexibility index (Phi) is 7.88. The van der Waals surface area contributed by atoms with Crippen LogP contribution in [0.1, 0.15) is 64.8 Å². The minimum absolute atomic E-state index is 0.109. The first-order valence-electron chi connectivity index (χ1n) is 14.6. The summed E-state index contributed by atoms with van der Waals surface area (Å²) in [7, 11) is 1.85. The molecule has 8 nitrogen and oxygen atoms in total. The fraction of sp³-hybridized carbons (Fsp3) is 0.265. The first kappa shape index (κ1) is 27.5. The molecule has 4 aromatic rings. The van der Waals surface area contributed by atoms with E-state index >= 15 is 0 Å². The lowest BCUT2D eigenvalue weighted by Gasteiger charge is -2.18. The van der Waals surface area contributed by atoms with Crippen molar-refractivity contribution in [2.24, 2.45) is 7.05 Å². The summed E-state index contributed by atoms with van der Waals surface area (Å²) < 4.78 is 1.71. The van der Waals surface area contributed by atoms with E-state index in [2.05, 4.69) is 57.1 Å². The van der Waals surface area contributed by atoms with Gasteiger partial charge in [-0.1, -0.05) is 49.4 Å².